The van der Waals surface area contributed by atoms with Crippen LogP contribution in [0.1, 0.15) is 33.6 Å². The van der Waals surface area contributed by atoms with E-state index in [-0.39, 0.29) is 23.9 Å². The zero-order valence-corrected chi connectivity index (χ0v) is 11.6. The van der Waals surface area contributed by atoms with E-state index in [0.717, 1.165) is 0 Å². The van der Waals surface area contributed by atoms with Gasteiger partial charge < -0.3 is 9.84 Å². The second-order valence-electron chi connectivity index (χ2n) is 6.02. The summed E-state index contributed by atoms with van der Waals surface area (Å²) < 4.78 is 5.85. The minimum Gasteiger partial charge on any atom is -0.388 e. The molecule has 1 saturated heterocycles. The first kappa shape index (κ1) is 14.2. The van der Waals surface area contributed by atoms with Gasteiger partial charge in [0.2, 0.25) is 0 Å². The van der Waals surface area contributed by atoms with Crippen LogP contribution in [0.5, 0.6) is 0 Å². The molecule has 0 unspecified atom stereocenters. The highest BCUT2D eigenvalue weighted by Crippen LogP contribution is 2.45. The van der Waals surface area contributed by atoms with Crippen LogP contribution in [0.25, 0.3) is 0 Å². The molecule has 3 atom stereocenters. The monoisotopic (exact) mass is 264 g/mol. The van der Waals surface area contributed by atoms with Gasteiger partial charge in [-0.15, -0.1) is 6.58 Å². The first-order valence-corrected chi connectivity index (χ1v) is 6.49. The molecule has 0 aromatic rings. The van der Waals surface area contributed by atoms with Crippen LogP contribution in [0, 0.1) is 5.92 Å². The molecule has 2 aliphatic rings. The smallest absolute Gasteiger partial charge is 0.188 e. The standard InChI is InChI=1S/C15H20O4/c1-5-10-7-13(14(3,4)18)19-15(10)8-11(16)9(2)6-12(15)17/h5-6,10,13,18H,1,7-8H2,2-4H3/t10-,13-,15-/m0/s1. The van der Waals surface area contributed by atoms with Crippen molar-refractivity contribution in [2.24, 2.45) is 5.92 Å². The molecule has 0 aromatic heterocycles. The van der Waals surface area contributed by atoms with E-state index in [1.54, 1.807) is 26.8 Å². The van der Waals surface area contributed by atoms with Crippen LogP contribution in [-0.4, -0.2) is 34.0 Å². The quantitative estimate of drug-likeness (QED) is 0.769. The van der Waals surface area contributed by atoms with Crippen molar-refractivity contribution in [1.29, 1.82) is 0 Å². The Morgan fingerprint density at radius 1 is 1.53 bits per heavy atom. The molecular weight excluding hydrogens is 244 g/mol. The maximum Gasteiger partial charge on any atom is 0.188 e. The topological polar surface area (TPSA) is 63.6 Å². The lowest BCUT2D eigenvalue weighted by Gasteiger charge is -2.34. The third kappa shape index (κ3) is 2.19. The second kappa shape index (κ2) is 4.39. The van der Waals surface area contributed by atoms with E-state index < -0.39 is 17.3 Å². The van der Waals surface area contributed by atoms with Gasteiger partial charge in [0.15, 0.2) is 11.6 Å². The number of hydrogen-bond acceptors (Lipinski definition) is 4. The molecule has 4 heteroatoms. The Bertz CT molecular complexity index is 469. The van der Waals surface area contributed by atoms with E-state index in [1.165, 1.54) is 6.08 Å². The predicted molar refractivity (Wildman–Crippen MR) is 70.6 cm³/mol. The third-order valence-electron chi connectivity index (χ3n) is 4.12. The molecule has 4 nitrogen and oxygen atoms in total. The molecule has 104 valence electrons. The van der Waals surface area contributed by atoms with E-state index in [9.17, 15) is 14.7 Å². The zero-order chi connectivity index (χ0) is 14.4. The fourth-order valence-electron chi connectivity index (χ4n) is 2.81. The molecule has 0 radical (unpaired) electrons. The van der Waals surface area contributed by atoms with Crippen LogP contribution < -0.4 is 0 Å². The Hall–Kier alpha value is -1.26. The summed E-state index contributed by atoms with van der Waals surface area (Å²) in [5.41, 5.74) is -1.75. The van der Waals surface area contributed by atoms with Gasteiger partial charge in [0.05, 0.1) is 11.7 Å². The van der Waals surface area contributed by atoms with Gasteiger partial charge in [0, 0.05) is 12.3 Å². The summed E-state index contributed by atoms with van der Waals surface area (Å²) in [6.45, 7) is 8.67. The Labute approximate surface area is 113 Å². The molecule has 0 aromatic carbocycles. The fraction of sp³-hybridized carbons (Fsp3) is 0.600. The zero-order valence-electron chi connectivity index (χ0n) is 11.6. The van der Waals surface area contributed by atoms with Crippen molar-refractivity contribution in [1.82, 2.24) is 0 Å². The van der Waals surface area contributed by atoms with E-state index in [1.807, 2.05) is 0 Å². The number of carbonyl (C=O) groups excluding carboxylic acids is 2. The third-order valence-corrected chi connectivity index (χ3v) is 4.12. The fourth-order valence-corrected chi connectivity index (χ4v) is 2.81. The van der Waals surface area contributed by atoms with Crippen LogP contribution in [-0.2, 0) is 14.3 Å². The van der Waals surface area contributed by atoms with E-state index in [4.69, 9.17) is 4.74 Å². The van der Waals surface area contributed by atoms with Crippen molar-refractivity contribution >= 4 is 11.6 Å². The summed E-state index contributed by atoms with van der Waals surface area (Å²) in [6.07, 6.45) is 3.08. The Morgan fingerprint density at radius 3 is 2.68 bits per heavy atom. The molecule has 1 heterocycles. The molecule has 1 aliphatic carbocycles. The van der Waals surface area contributed by atoms with Crippen molar-refractivity contribution in [3.8, 4) is 0 Å². The molecule has 1 spiro atoms. The van der Waals surface area contributed by atoms with Crippen molar-refractivity contribution < 1.29 is 19.4 Å². The Kier molecular flexibility index (Phi) is 3.27. The number of Topliss-reactive ketones (excluding diaryl/α,β-unsaturated/α-hetero) is 1. The molecule has 19 heavy (non-hydrogen) atoms. The summed E-state index contributed by atoms with van der Waals surface area (Å²) in [6, 6.07) is 0. The number of allylic oxidation sites excluding steroid dienone is 1. The first-order valence-electron chi connectivity index (χ1n) is 6.49. The van der Waals surface area contributed by atoms with Crippen molar-refractivity contribution in [3.63, 3.8) is 0 Å². The number of hydrogen-bond donors (Lipinski definition) is 1. The highest BCUT2D eigenvalue weighted by Gasteiger charge is 2.56. The lowest BCUT2D eigenvalue weighted by atomic mass is 9.75. The molecule has 1 N–H and O–H groups in total. The number of rotatable bonds is 2. The minimum atomic E-state index is -1.16. The second-order valence-corrected chi connectivity index (χ2v) is 6.02. The summed E-state index contributed by atoms with van der Waals surface area (Å²) in [4.78, 5) is 24.3. The molecule has 2 rings (SSSR count). The summed E-state index contributed by atoms with van der Waals surface area (Å²) in [5, 5.41) is 10.1. The number of ether oxygens (including phenoxy) is 1. The van der Waals surface area contributed by atoms with Crippen LogP contribution in [0.4, 0.5) is 0 Å². The maximum atomic E-state index is 12.3. The number of ketones is 2. The average molecular weight is 264 g/mol. The molecule has 0 amide bonds. The maximum absolute atomic E-state index is 12.3. The van der Waals surface area contributed by atoms with Gasteiger partial charge in [0.1, 0.15) is 5.60 Å². The Morgan fingerprint density at radius 2 is 2.16 bits per heavy atom. The van der Waals surface area contributed by atoms with E-state index in [0.29, 0.717) is 12.0 Å². The van der Waals surface area contributed by atoms with Crippen molar-refractivity contribution in [3.05, 3.63) is 24.3 Å². The highest BCUT2D eigenvalue weighted by molar-refractivity contribution is 6.12. The Balaban J connectivity index is 2.40. The van der Waals surface area contributed by atoms with E-state index >= 15 is 0 Å². The van der Waals surface area contributed by atoms with Gasteiger partial charge >= 0.3 is 0 Å². The SMILES string of the molecule is C=C[C@H]1C[C@@H](C(C)(C)O)O[C@@]12CC(=O)C(C)=CC2=O. The van der Waals surface area contributed by atoms with E-state index in [2.05, 4.69) is 6.58 Å². The molecule has 1 fully saturated rings. The van der Waals surface area contributed by atoms with Gasteiger partial charge in [-0.1, -0.05) is 6.08 Å². The minimum absolute atomic E-state index is 0.0391. The van der Waals surface area contributed by atoms with Crippen LogP contribution >= 0.6 is 0 Å². The lowest BCUT2D eigenvalue weighted by molar-refractivity contribution is -0.159. The van der Waals surface area contributed by atoms with Gasteiger partial charge in [-0.2, -0.15) is 0 Å². The largest absolute Gasteiger partial charge is 0.388 e. The highest BCUT2D eigenvalue weighted by atomic mass is 16.5. The molecule has 0 saturated carbocycles. The summed E-state index contributed by atoms with van der Waals surface area (Å²) in [5.74, 6) is -0.520. The first-order chi connectivity index (χ1) is 8.70. The van der Waals surface area contributed by atoms with Gasteiger partial charge in [-0.3, -0.25) is 9.59 Å². The normalized spacial score (nSPS) is 35.7. The van der Waals surface area contributed by atoms with Gasteiger partial charge in [0.25, 0.3) is 0 Å². The van der Waals surface area contributed by atoms with Gasteiger partial charge in [-0.25, -0.2) is 0 Å². The van der Waals surface area contributed by atoms with Crippen molar-refractivity contribution in [2.45, 2.75) is 50.9 Å². The molecule has 0 bridgehead atoms. The lowest BCUT2D eigenvalue weighted by Crippen LogP contribution is -2.49. The van der Waals surface area contributed by atoms with Crippen LogP contribution in [0.2, 0.25) is 0 Å². The van der Waals surface area contributed by atoms with Crippen LogP contribution in [0.15, 0.2) is 24.3 Å². The number of aliphatic hydroxyl groups is 1. The average Bonchev–Trinajstić information content (AvgIpc) is 2.66. The summed E-state index contributed by atoms with van der Waals surface area (Å²) in [7, 11) is 0. The van der Waals surface area contributed by atoms with Gasteiger partial charge in [-0.05, 0) is 38.8 Å². The molecular formula is C15H20O4. The number of carbonyl (C=O) groups is 2. The van der Waals surface area contributed by atoms with Crippen molar-refractivity contribution in [2.75, 3.05) is 0 Å². The summed E-state index contributed by atoms with van der Waals surface area (Å²) >= 11 is 0. The van der Waals surface area contributed by atoms with Crippen LogP contribution in [0.3, 0.4) is 0 Å². The molecule has 1 aliphatic heterocycles. The predicted octanol–water partition coefficient (Wildman–Crippen LogP) is 1.58.